The average molecular weight is 274 g/mol. The minimum Gasteiger partial charge on any atom is -0.323 e. The van der Waals surface area contributed by atoms with Crippen molar-refractivity contribution in [1.82, 2.24) is 0 Å². The molecule has 1 aliphatic rings. The largest absolute Gasteiger partial charge is 0.323 e. The summed E-state index contributed by atoms with van der Waals surface area (Å²) in [5, 5.41) is 0. The van der Waals surface area contributed by atoms with Gasteiger partial charge in [0.25, 0.3) is 0 Å². The summed E-state index contributed by atoms with van der Waals surface area (Å²) in [6, 6.07) is 4.47. The van der Waals surface area contributed by atoms with Crippen molar-refractivity contribution in [2.75, 3.05) is 0 Å². The molecule has 1 aromatic rings. The number of rotatable bonds is 2. The molecule has 3 heteroatoms. The number of hydrogen-bond acceptors (Lipinski definition) is 2. The third kappa shape index (κ3) is 1.90. The van der Waals surface area contributed by atoms with Gasteiger partial charge in [-0.15, -0.1) is 11.3 Å². The van der Waals surface area contributed by atoms with Gasteiger partial charge in [-0.2, -0.15) is 0 Å². The minimum atomic E-state index is 0.223. The quantitative estimate of drug-likeness (QED) is 0.863. The highest BCUT2D eigenvalue weighted by Crippen LogP contribution is 2.47. The summed E-state index contributed by atoms with van der Waals surface area (Å²) in [4.78, 5) is 1.32. The molecule has 1 saturated carbocycles. The van der Waals surface area contributed by atoms with Crippen molar-refractivity contribution >= 4 is 27.3 Å². The molecule has 1 fully saturated rings. The fraction of sp³-hybridized carbons (Fsp3) is 0.636. The van der Waals surface area contributed by atoms with Gasteiger partial charge >= 0.3 is 0 Å². The van der Waals surface area contributed by atoms with E-state index in [0.29, 0.717) is 5.41 Å². The molecule has 1 aromatic heterocycles. The standard InChI is InChI=1S/C11H16BrNS/c1-11(6-2-3-7-11)10(13)8-4-5-9(12)14-8/h4-5,10H,2-3,6-7,13H2,1H3. The van der Waals surface area contributed by atoms with Crippen LogP contribution < -0.4 is 5.73 Å². The lowest BCUT2D eigenvalue weighted by molar-refractivity contribution is 0.268. The molecule has 1 unspecified atom stereocenters. The first-order valence-corrected chi connectivity index (χ1v) is 6.74. The maximum atomic E-state index is 6.34. The van der Waals surface area contributed by atoms with E-state index in [2.05, 4.69) is 35.0 Å². The Bertz CT molecular complexity index is 315. The van der Waals surface area contributed by atoms with Crippen LogP contribution >= 0.6 is 27.3 Å². The van der Waals surface area contributed by atoms with Crippen LogP contribution in [0.15, 0.2) is 15.9 Å². The van der Waals surface area contributed by atoms with Crippen molar-refractivity contribution in [3.05, 3.63) is 20.8 Å². The molecular weight excluding hydrogens is 258 g/mol. The van der Waals surface area contributed by atoms with Gasteiger partial charge in [-0.1, -0.05) is 19.8 Å². The SMILES string of the molecule is CC1(C(N)c2ccc(Br)s2)CCCC1. The van der Waals surface area contributed by atoms with E-state index in [9.17, 15) is 0 Å². The van der Waals surface area contributed by atoms with Crippen LogP contribution in [0.4, 0.5) is 0 Å². The van der Waals surface area contributed by atoms with Crippen molar-refractivity contribution in [3.63, 3.8) is 0 Å². The van der Waals surface area contributed by atoms with Gasteiger partial charge in [0.1, 0.15) is 0 Å². The van der Waals surface area contributed by atoms with Gasteiger partial charge in [0.15, 0.2) is 0 Å². The fourth-order valence-corrected chi connectivity index (χ4v) is 3.93. The molecule has 0 bridgehead atoms. The molecule has 2 rings (SSSR count). The highest BCUT2D eigenvalue weighted by molar-refractivity contribution is 9.11. The van der Waals surface area contributed by atoms with Gasteiger partial charge in [0, 0.05) is 10.9 Å². The highest BCUT2D eigenvalue weighted by Gasteiger charge is 2.36. The monoisotopic (exact) mass is 273 g/mol. The molecule has 0 radical (unpaired) electrons. The molecule has 1 nitrogen and oxygen atoms in total. The molecule has 14 heavy (non-hydrogen) atoms. The normalized spacial score (nSPS) is 22.5. The maximum absolute atomic E-state index is 6.34. The summed E-state index contributed by atoms with van der Waals surface area (Å²) in [7, 11) is 0. The van der Waals surface area contributed by atoms with E-state index >= 15 is 0 Å². The van der Waals surface area contributed by atoms with Crippen LogP contribution in [0, 0.1) is 5.41 Å². The second-order valence-corrected chi connectivity index (χ2v) is 6.98. The smallest absolute Gasteiger partial charge is 0.0701 e. The zero-order valence-corrected chi connectivity index (χ0v) is 10.8. The Labute approximate surface area is 97.8 Å². The maximum Gasteiger partial charge on any atom is 0.0701 e. The molecule has 0 aliphatic heterocycles. The molecule has 0 aromatic carbocycles. The van der Waals surface area contributed by atoms with Gasteiger partial charge in [-0.3, -0.25) is 0 Å². The van der Waals surface area contributed by atoms with Gasteiger partial charge in [0.05, 0.1) is 3.79 Å². The van der Waals surface area contributed by atoms with Crippen LogP contribution in [0.2, 0.25) is 0 Å². The van der Waals surface area contributed by atoms with Gasteiger partial charge in [0.2, 0.25) is 0 Å². The van der Waals surface area contributed by atoms with E-state index in [0.717, 1.165) is 0 Å². The minimum absolute atomic E-state index is 0.223. The number of halogens is 1. The Hall–Kier alpha value is 0.140. The van der Waals surface area contributed by atoms with E-state index in [1.54, 1.807) is 11.3 Å². The summed E-state index contributed by atoms with van der Waals surface area (Å²) in [5.41, 5.74) is 6.68. The Balaban J connectivity index is 2.18. The van der Waals surface area contributed by atoms with Gasteiger partial charge in [-0.05, 0) is 46.3 Å². The van der Waals surface area contributed by atoms with E-state index in [4.69, 9.17) is 5.73 Å². The number of thiophene rings is 1. The third-order valence-electron chi connectivity index (χ3n) is 3.40. The second-order valence-electron chi connectivity index (χ2n) is 4.48. The number of hydrogen-bond donors (Lipinski definition) is 1. The summed E-state index contributed by atoms with van der Waals surface area (Å²) < 4.78 is 1.18. The van der Waals surface area contributed by atoms with Crippen LogP contribution in [0.5, 0.6) is 0 Å². The number of nitrogens with two attached hydrogens (primary N) is 1. The lowest BCUT2D eigenvalue weighted by Crippen LogP contribution is -2.28. The molecule has 78 valence electrons. The summed E-state index contributed by atoms with van der Waals surface area (Å²) >= 11 is 5.26. The average Bonchev–Trinajstić information content (AvgIpc) is 2.74. The highest BCUT2D eigenvalue weighted by atomic mass is 79.9. The second kappa shape index (κ2) is 3.95. The fourth-order valence-electron chi connectivity index (χ4n) is 2.33. The van der Waals surface area contributed by atoms with Crippen molar-refractivity contribution in [1.29, 1.82) is 0 Å². The topological polar surface area (TPSA) is 26.0 Å². The van der Waals surface area contributed by atoms with Gasteiger partial charge < -0.3 is 5.73 Å². The molecule has 0 saturated heterocycles. The molecule has 1 aliphatic carbocycles. The van der Waals surface area contributed by atoms with Crippen molar-refractivity contribution in [2.45, 2.75) is 38.6 Å². The summed E-state index contributed by atoms with van der Waals surface area (Å²) in [6.07, 6.45) is 5.25. The van der Waals surface area contributed by atoms with E-state index < -0.39 is 0 Å². The lowest BCUT2D eigenvalue weighted by Gasteiger charge is -2.30. The molecular formula is C11H16BrNS. The molecule has 2 N–H and O–H groups in total. The van der Waals surface area contributed by atoms with E-state index in [1.807, 2.05) is 0 Å². The molecule has 1 atom stereocenters. The predicted octanol–water partition coefficient (Wildman–Crippen LogP) is 4.09. The van der Waals surface area contributed by atoms with E-state index in [1.165, 1.54) is 34.3 Å². The van der Waals surface area contributed by atoms with Crippen molar-refractivity contribution in [3.8, 4) is 0 Å². The first-order valence-electron chi connectivity index (χ1n) is 5.13. The van der Waals surface area contributed by atoms with Crippen LogP contribution in [0.3, 0.4) is 0 Å². The van der Waals surface area contributed by atoms with Crippen LogP contribution in [-0.2, 0) is 0 Å². The van der Waals surface area contributed by atoms with Crippen molar-refractivity contribution < 1.29 is 0 Å². The first-order chi connectivity index (χ1) is 6.62. The molecule has 1 heterocycles. The molecule has 0 spiro atoms. The van der Waals surface area contributed by atoms with Crippen LogP contribution in [-0.4, -0.2) is 0 Å². The Kier molecular flexibility index (Phi) is 3.01. The van der Waals surface area contributed by atoms with Crippen molar-refractivity contribution in [2.24, 2.45) is 11.1 Å². The summed E-state index contributed by atoms with van der Waals surface area (Å²) in [6.45, 7) is 2.33. The van der Waals surface area contributed by atoms with Crippen LogP contribution in [0.25, 0.3) is 0 Å². The Morgan fingerprint density at radius 2 is 2.07 bits per heavy atom. The van der Waals surface area contributed by atoms with Crippen LogP contribution in [0.1, 0.15) is 43.5 Å². The summed E-state index contributed by atoms with van der Waals surface area (Å²) in [5.74, 6) is 0. The zero-order valence-electron chi connectivity index (χ0n) is 8.42. The van der Waals surface area contributed by atoms with E-state index in [-0.39, 0.29) is 6.04 Å². The van der Waals surface area contributed by atoms with Gasteiger partial charge in [-0.25, -0.2) is 0 Å². The predicted molar refractivity (Wildman–Crippen MR) is 65.5 cm³/mol. The Morgan fingerprint density at radius 1 is 1.43 bits per heavy atom. The molecule has 0 amide bonds. The first kappa shape index (κ1) is 10.7. The third-order valence-corrected chi connectivity index (χ3v) is 5.10. The zero-order chi connectivity index (χ0) is 10.2. The lowest BCUT2D eigenvalue weighted by atomic mass is 9.80. The Morgan fingerprint density at radius 3 is 2.57 bits per heavy atom.